The monoisotopic (exact) mass is 251 g/mol. The van der Waals surface area contributed by atoms with E-state index in [1.165, 1.54) is 12.8 Å². The fourth-order valence-corrected chi connectivity index (χ4v) is 2.51. The summed E-state index contributed by atoms with van der Waals surface area (Å²) < 4.78 is 6.59. The summed E-state index contributed by atoms with van der Waals surface area (Å²) in [7, 11) is 0. The smallest absolute Gasteiger partial charge is 0.378 e. The van der Waals surface area contributed by atoms with E-state index in [-0.39, 0.29) is 11.9 Å². The molecule has 0 radical (unpaired) electrons. The van der Waals surface area contributed by atoms with Crippen LogP contribution in [0.15, 0.2) is 0 Å². The number of carbonyl (C=O) groups is 1. The van der Waals surface area contributed by atoms with Crippen molar-refractivity contribution in [1.82, 2.24) is 14.8 Å². The third-order valence-corrected chi connectivity index (χ3v) is 3.56. The lowest BCUT2D eigenvalue weighted by Gasteiger charge is -2.09. The number of hydrogen-bond acceptors (Lipinski definition) is 5. The van der Waals surface area contributed by atoms with Gasteiger partial charge in [-0.2, -0.15) is 0 Å². The number of nitrogens with zero attached hydrogens (tertiary/aromatic N) is 3. The zero-order valence-corrected chi connectivity index (χ0v) is 10.4. The van der Waals surface area contributed by atoms with E-state index in [4.69, 9.17) is 4.74 Å². The molecule has 0 saturated heterocycles. The molecule has 1 fully saturated rings. The third-order valence-electron chi connectivity index (χ3n) is 3.56. The van der Waals surface area contributed by atoms with E-state index in [2.05, 4.69) is 10.1 Å². The van der Waals surface area contributed by atoms with Gasteiger partial charge in [0.15, 0.2) is 5.82 Å². The molecule has 18 heavy (non-hydrogen) atoms. The maximum absolute atomic E-state index is 11.6. The van der Waals surface area contributed by atoms with Gasteiger partial charge in [-0.15, -0.1) is 5.10 Å². The van der Waals surface area contributed by atoms with Crippen molar-refractivity contribution in [1.29, 1.82) is 0 Å². The van der Waals surface area contributed by atoms with Crippen molar-refractivity contribution in [2.75, 3.05) is 6.61 Å². The SMILES string of the molecule is CCOC(=O)c1nc2n(n1)C(CC1CC1)CC2O. The van der Waals surface area contributed by atoms with Crippen LogP contribution in [-0.2, 0) is 4.74 Å². The Hall–Kier alpha value is -1.43. The zero-order chi connectivity index (χ0) is 12.7. The fourth-order valence-electron chi connectivity index (χ4n) is 2.51. The summed E-state index contributed by atoms with van der Waals surface area (Å²) in [4.78, 5) is 15.7. The first-order valence-corrected chi connectivity index (χ1v) is 6.50. The highest BCUT2D eigenvalue weighted by atomic mass is 16.5. The number of carbonyl (C=O) groups excluding carboxylic acids is 1. The molecule has 0 spiro atoms. The highest BCUT2D eigenvalue weighted by Gasteiger charge is 2.37. The normalized spacial score (nSPS) is 26.1. The van der Waals surface area contributed by atoms with Gasteiger partial charge in [0.25, 0.3) is 5.82 Å². The largest absolute Gasteiger partial charge is 0.460 e. The second-order valence-corrected chi connectivity index (χ2v) is 5.04. The molecule has 1 aliphatic heterocycles. The van der Waals surface area contributed by atoms with Crippen molar-refractivity contribution in [3.8, 4) is 0 Å². The molecule has 1 saturated carbocycles. The molecule has 0 bridgehead atoms. The summed E-state index contributed by atoms with van der Waals surface area (Å²) in [5, 5.41) is 14.1. The van der Waals surface area contributed by atoms with Crippen LogP contribution in [0, 0.1) is 5.92 Å². The molecule has 0 aromatic carbocycles. The van der Waals surface area contributed by atoms with E-state index in [0.717, 1.165) is 12.3 Å². The van der Waals surface area contributed by atoms with Crippen LogP contribution in [0.3, 0.4) is 0 Å². The maximum Gasteiger partial charge on any atom is 0.378 e. The maximum atomic E-state index is 11.6. The highest BCUT2D eigenvalue weighted by Crippen LogP contribution is 2.43. The summed E-state index contributed by atoms with van der Waals surface area (Å²) in [6, 6.07) is 0.179. The minimum atomic E-state index is -0.607. The van der Waals surface area contributed by atoms with Gasteiger partial charge in [0.1, 0.15) is 6.10 Å². The Morgan fingerprint density at radius 2 is 2.33 bits per heavy atom. The Morgan fingerprint density at radius 3 is 3.00 bits per heavy atom. The van der Waals surface area contributed by atoms with Crippen molar-refractivity contribution in [3.05, 3.63) is 11.6 Å². The van der Waals surface area contributed by atoms with Crippen LogP contribution in [-0.4, -0.2) is 32.4 Å². The molecule has 6 heteroatoms. The van der Waals surface area contributed by atoms with Gasteiger partial charge in [-0.1, -0.05) is 12.8 Å². The molecular formula is C12H17N3O3. The zero-order valence-electron chi connectivity index (χ0n) is 10.4. The van der Waals surface area contributed by atoms with E-state index in [1.54, 1.807) is 11.6 Å². The van der Waals surface area contributed by atoms with Crippen molar-refractivity contribution in [2.24, 2.45) is 5.92 Å². The molecule has 1 aromatic rings. The van der Waals surface area contributed by atoms with E-state index >= 15 is 0 Å². The topological polar surface area (TPSA) is 77.2 Å². The summed E-state index contributed by atoms with van der Waals surface area (Å²) in [5.41, 5.74) is 0. The predicted molar refractivity (Wildman–Crippen MR) is 61.9 cm³/mol. The van der Waals surface area contributed by atoms with Gasteiger partial charge in [0.2, 0.25) is 0 Å². The van der Waals surface area contributed by atoms with Gasteiger partial charge in [0, 0.05) is 6.42 Å². The molecule has 2 unspecified atom stereocenters. The number of esters is 1. The molecule has 2 heterocycles. The van der Waals surface area contributed by atoms with Crippen LogP contribution in [0.5, 0.6) is 0 Å². The van der Waals surface area contributed by atoms with Crippen LogP contribution in [0.25, 0.3) is 0 Å². The Kier molecular flexibility index (Phi) is 2.81. The molecule has 1 N–H and O–H groups in total. The van der Waals surface area contributed by atoms with Crippen LogP contribution in [0.1, 0.15) is 61.2 Å². The van der Waals surface area contributed by atoms with Gasteiger partial charge in [-0.05, 0) is 19.3 Å². The second-order valence-electron chi connectivity index (χ2n) is 5.04. The number of aromatic nitrogens is 3. The molecule has 6 nitrogen and oxygen atoms in total. The Labute approximate surface area is 105 Å². The summed E-state index contributed by atoms with van der Waals surface area (Å²) >= 11 is 0. The Balaban J connectivity index is 1.81. The molecular weight excluding hydrogens is 234 g/mol. The minimum absolute atomic E-state index is 0.0615. The fraction of sp³-hybridized carbons (Fsp3) is 0.750. The molecule has 2 atom stereocenters. The first-order valence-electron chi connectivity index (χ1n) is 6.50. The number of ether oxygens (including phenoxy) is 1. The Bertz CT molecular complexity index is 467. The van der Waals surface area contributed by atoms with Crippen LogP contribution in [0.2, 0.25) is 0 Å². The number of aliphatic hydroxyl groups excluding tert-OH is 1. The predicted octanol–water partition coefficient (Wildman–Crippen LogP) is 1.23. The van der Waals surface area contributed by atoms with E-state index in [9.17, 15) is 9.90 Å². The van der Waals surface area contributed by atoms with Crippen LogP contribution < -0.4 is 0 Å². The van der Waals surface area contributed by atoms with E-state index in [1.807, 2.05) is 0 Å². The number of fused-ring (bicyclic) bond motifs is 1. The Morgan fingerprint density at radius 1 is 1.56 bits per heavy atom. The molecule has 0 amide bonds. The number of aliphatic hydroxyl groups is 1. The average Bonchev–Trinajstić information content (AvgIpc) is 2.95. The van der Waals surface area contributed by atoms with Crippen molar-refractivity contribution < 1.29 is 14.6 Å². The summed E-state index contributed by atoms with van der Waals surface area (Å²) in [5.74, 6) is 0.801. The highest BCUT2D eigenvalue weighted by molar-refractivity contribution is 5.85. The molecule has 3 rings (SSSR count). The summed E-state index contributed by atoms with van der Waals surface area (Å²) in [6.45, 7) is 2.04. The second kappa shape index (κ2) is 4.35. The first-order chi connectivity index (χ1) is 8.69. The molecule has 1 aliphatic carbocycles. The van der Waals surface area contributed by atoms with Crippen LogP contribution >= 0.6 is 0 Å². The average molecular weight is 251 g/mol. The first kappa shape index (κ1) is 11.6. The van der Waals surface area contributed by atoms with Crippen molar-refractivity contribution in [3.63, 3.8) is 0 Å². The number of rotatable bonds is 4. The lowest BCUT2D eigenvalue weighted by atomic mass is 10.1. The van der Waals surface area contributed by atoms with Gasteiger partial charge in [0.05, 0.1) is 12.6 Å². The standard InChI is InChI=1S/C12H17N3O3/c1-2-18-12(17)10-13-11-9(16)6-8(15(11)14-10)5-7-3-4-7/h7-9,16H,2-6H2,1H3. The molecule has 2 aliphatic rings. The van der Waals surface area contributed by atoms with Gasteiger partial charge in [-0.3, -0.25) is 0 Å². The van der Waals surface area contributed by atoms with E-state index < -0.39 is 12.1 Å². The van der Waals surface area contributed by atoms with Gasteiger partial charge >= 0.3 is 5.97 Å². The molecule has 1 aromatic heterocycles. The minimum Gasteiger partial charge on any atom is -0.460 e. The van der Waals surface area contributed by atoms with Gasteiger partial charge < -0.3 is 9.84 Å². The summed E-state index contributed by atoms with van der Waals surface area (Å²) in [6.07, 6.45) is 3.61. The lowest BCUT2D eigenvalue weighted by Crippen LogP contribution is -2.11. The van der Waals surface area contributed by atoms with E-state index in [0.29, 0.717) is 18.9 Å². The number of hydrogen-bond donors (Lipinski definition) is 1. The van der Waals surface area contributed by atoms with Crippen LogP contribution in [0.4, 0.5) is 0 Å². The lowest BCUT2D eigenvalue weighted by molar-refractivity contribution is 0.0510. The third kappa shape index (κ3) is 2.01. The quantitative estimate of drug-likeness (QED) is 0.814. The van der Waals surface area contributed by atoms with Crippen molar-refractivity contribution in [2.45, 2.75) is 44.8 Å². The molecule has 98 valence electrons. The van der Waals surface area contributed by atoms with Crippen molar-refractivity contribution >= 4 is 5.97 Å². The van der Waals surface area contributed by atoms with Gasteiger partial charge in [-0.25, -0.2) is 14.5 Å².